The fourth-order valence-electron chi connectivity index (χ4n) is 2.20. The number of para-hydroxylation sites is 1. The van der Waals surface area contributed by atoms with Crippen LogP contribution in [0.15, 0.2) is 24.3 Å². The van der Waals surface area contributed by atoms with Gasteiger partial charge < -0.3 is 10.0 Å². The Morgan fingerprint density at radius 3 is 2.80 bits per heavy atom. The van der Waals surface area contributed by atoms with Gasteiger partial charge in [-0.2, -0.15) is 0 Å². The zero-order valence-corrected chi connectivity index (χ0v) is 8.97. The predicted molar refractivity (Wildman–Crippen MR) is 59.3 cm³/mol. The molecular formula is C12H15NO2. The minimum absolute atomic E-state index is 0.279. The Kier molecular flexibility index (Phi) is 2.39. The van der Waals surface area contributed by atoms with Gasteiger partial charge in [0.2, 0.25) is 0 Å². The molecule has 3 heteroatoms. The van der Waals surface area contributed by atoms with Gasteiger partial charge in [0.1, 0.15) is 0 Å². The summed E-state index contributed by atoms with van der Waals surface area (Å²) in [6.45, 7) is 2.06. The second-order valence-electron chi connectivity index (χ2n) is 4.15. The highest BCUT2D eigenvalue weighted by molar-refractivity contribution is 5.80. The lowest BCUT2D eigenvalue weighted by molar-refractivity contribution is -0.139. The number of benzene rings is 1. The number of aliphatic carboxylic acids is 1. The van der Waals surface area contributed by atoms with Gasteiger partial charge in [-0.3, -0.25) is 4.79 Å². The van der Waals surface area contributed by atoms with Crippen LogP contribution in [-0.4, -0.2) is 24.2 Å². The van der Waals surface area contributed by atoms with E-state index in [1.54, 1.807) is 0 Å². The molecule has 0 fully saturated rings. The van der Waals surface area contributed by atoms with Crippen LogP contribution >= 0.6 is 0 Å². The number of nitrogens with zero attached hydrogens (tertiary/aromatic N) is 1. The van der Waals surface area contributed by atoms with Crippen molar-refractivity contribution in [2.45, 2.75) is 25.3 Å². The molecule has 2 atom stereocenters. The summed E-state index contributed by atoms with van der Waals surface area (Å²) in [5.74, 6) is -1.07. The second kappa shape index (κ2) is 3.57. The van der Waals surface area contributed by atoms with E-state index in [1.807, 2.05) is 31.3 Å². The number of rotatable bonds is 1. The quantitative estimate of drug-likeness (QED) is 0.763. The molecule has 1 aromatic carbocycles. The summed E-state index contributed by atoms with van der Waals surface area (Å²) in [5, 5.41) is 9.17. The van der Waals surface area contributed by atoms with Gasteiger partial charge >= 0.3 is 5.97 Å². The van der Waals surface area contributed by atoms with Crippen molar-refractivity contribution in [3.05, 3.63) is 29.8 Å². The number of carbonyl (C=O) groups is 1. The van der Waals surface area contributed by atoms with Gasteiger partial charge in [0.25, 0.3) is 0 Å². The molecule has 15 heavy (non-hydrogen) atoms. The minimum Gasteiger partial charge on any atom is -0.481 e. The summed E-state index contributed by atoms with van der Waals surface area (Å²) in [6.07, 6.45) is 0.683. The molecule has 80 valence electrons. The minimum atomic E-state index is -0.720. The number of carboxylic acid groups (broad SMARTS) is 1. The second-order valence-corrected chi connectivity index (χ2v) is 4.15. The van der Waals surface area contributed by atoms with E-state index in [0.29, 0.717) is 6.42 Å². The monoisotopic (exact) mass is 205 g/mol. The molecule has 1 aliphatic rings. The van der Waals surface area contributed by atoms with Gasteiger partial charge in [0.15, 0.2) is 0 Å². The molecule has 1 aromatic rings. The lowest BCUT2D eigenvalue weighted by atomic mass is 9.86. The molecule has 3 nitrogen and oxygen atoms in total. The lowest BCUT2D eigenvalue weighted by Gasteiger charge is -2.36. The third-order valence-electron chi connectivity index (χ3n) is 3.23. The van der Waals surface area contributed by atoms with Crippen LogP contribution in [0.4, 0.5) is 5.69 Å². The molecule has 0 saturated carbocycles. The van der Waals surface area contributed by atoms with E-state index in [0.717, 1.165) is 11.3 Å². The molecule has 1 heterocycles. The van der Waals surface area contributed by atoms with Gasteiger partial charge in [-0.15, -0.1) is 0 Å². The number of carboxylic acids is 1. The summed E-state index contributed by atoms with van der Waals surface area (Å²) >= 11 is 0. The Labute approximate surface area is 89.3 Å². The molecule has 0 saturated heterocycles. The van der Waals surface area contributed by atoms with Crippen LogP contribution in [-0.2, 0) is 4.79 Å². The van der Waals surface area contributed by atoms with Crippen LogP contribution < -0.4 is 4.90 Å². The SMILES string of the molecule is C[C@@H]1C[C@@H](C(=O)O)c2ccccc2N1C. The summed E-state index contributed by atoms with van der Waals surface area (Å²) in [4.78, 5) is 13.3. The average Bonchev–Trinajstić information content (AvgIpc) is 2.23. The first kappa shape index (κ1) is 10.0. The van der Waals surface area contributed by atoms with Crippen LogP contribution in [0.3, 0.4) is 0 Å². The van der Waals surface area contributed by atoms with E-state index in [4.69, 9.17) is 0 Å². The molecular weight excluding hydrogens is 190 g/mol. The molecule has 0 spiro atoms. The third kappa shape index (κ3) is 1.58. The van der Waals surface area contributed by atoms with Crippen molar-refractivity contribution in [3.8, 4) is 0 Å². The molecule has 0 bridgehead atoms. The summed E-state index contributed by atoms with van der Waals surface area (Å²) in [7, 11) is 2.02. The maximum absolute atomic E-state index is 11.2. The topological polar surface area (TPSA) is 40.5 Å². The summed E-state index contributed by atoms with van der Waals surface area (Å²) in [5.41, 5.74) is 1.98. The Morgan fingerprint density at radius 2 is 2.13 bits per heavy atom. The van der Waals surface area contributed by atoms with Crippen molar-refractivity contribution in [2.75, 3.05) is 11.9 Å². The van der Waals surface area contributed by atoms with Gasteiger partial charge in [-0.25, -0.2) is 0 Å². The van der Waals surface area contributed by atoms with E-state index in [2.05, 4.69) is 11.8 Å². The Morgan fingerprint density at radius 1 is 1.47 bits per heavy atom. The van der Waals surface area contributed by atoms with Crippen molar-refractivity contribution in [2.24, 2.45) is 0 Å². The molecule has 0 aliphatic carbocycles. The average molecular weight is 205 g/mol. The number of fused-ring (bicyclic) bond motifs is 1. The normalized spacial score (nSPS) is 24.8. The molecule has 0 unspecified atom stereocenters. The summed E-state index contributed by atoms with van der Waals surface area (Å²) < 4.78 is 0. The maximum atomic E-state index is 11.2. The molecule has 1 aliphatic heterocycles. The van der Waals surface area contributed by atoms with E-state index in [1.165, 1.54) is 0 Å². The molecule has 1 N–H and O–H groups in total. The standard InChI is InChI=1S/C12H15NO2/c1-8-7-10(12(14)15)9-5-3-4-6-11(9)13(8)2/h3-6,8,10H,7H2,1-2H3,(H,14,15)/t8-,10-/m1/s1. The first-order valence-corrected chi connectivity index (χ1v) is 5.16. The highest BCUT2D eigenvalue weighted by Gasteiger charge is 2.31. The first-order chi connectivity index (χ1) is 7.11. The zero-order chi connectivity index (χ0) is 11.0. The van der Waals surface area contributed by atoms with Gasteiger partial charge in [0, 0.05) is 18.8 Å². The van der Waals surface area contributed by atoms with E-state index in [-0.39, 0.29) is 12.0 Å². The highest BCUT2D eigenvalue weighted by Crippen LogP contribution is 2.37. The fourth-order valence-corrected chi connectivity index (χ4v) is 2.20. The number of anilines is 1. The first-order valence-electron chi connectivity index (χ1n) is 5.16. The van der Waals surface area contributed by atoms with Crippen LogP contribution in [0.1, 0.15) is 24.8 Å². The van der Waals surface area contributed by atoms with Crippen LogP contribution in [0.25, 0.3) is 0 Å². The lowest BCUT2D eigenvalue weighted by Crippen LogP contribution is -2.37. The van der Waals surface area contributed by atoms with Crippen molar-refractivity contribution in [1.82, 2.24) is 0 Å². The Balaban J connectivity index is 2.49. The maximum Gasteiger partial charge on any atom is 0.311 e. The zero-order valence-electron chi connectivity index (χ0n) is 8.97. The van der Waals surface area contributed by atoms with Gasteiger partial charge in [-0.05, 0) is 25.0 Å². The van der Waals surface area contributed by atoms with Crippen molar-refractivity contribution in [3.63, 3.8) is 0 Å². The third-order valence-corrected chi connectivity index (χ3v) is 3.23. The van der Waals surface area contributed by atoms with Crippen molar-refractivity contribution < 1.29 is 9.90 Å². The Hall–Kier alpha value is -1.51. The van der Waals surface area contributed by atoms with Gasteiger partial charge in [0.05, 0.1) is 5.92 Å². The van der Waals surface area contributed by atoms with Crippen LogP contribution in [0, 0.1) is 0 Å². The summed E-state index contributed by atoms with van der Waals surface area (Å²) in [6, 6.07) is 8.03. The molecule has 0 aromatic heterocycles. The largest absolute Gasteiger partial charge is 0.481 e. The van der Waals surface area contributed by atoms with Gasteiger partial charge in [-0.1, -0.05) is 18.2 Å². The van der Waals surface area contributed by atoms with Crippen LogP contribution in [0.2, 0.25) is 0 Å². The van der Waals surface area contributed by atoms with Crippen molar-refractivity contribution in [1.29, 1.82) is 0 Å². The Bertz CT molecular complexity index is 389. The molecule has 0 amide bonds. The van der Waals surface area contributed by atoms with E-state index < -0.39 is 5.97 Å². The molecule has 0 radical (unpaired) electrons. The highest BCUT2D eigenvalue weighted by atomic mass is 16.4. The predicted octanol–water partition coefficient (Wildman–Crippen LogP) is 2.08. The fraction of sp³-hybridized carbons (Fsp3) is 0.417. The number of hydrogen-bond acceptors (Lipinski definition) is 2. The van der Waals surface area contributed by atoms with Crippen molar-refractivity contribution >= 4 is 11.7 Å². The number of hydrogen-bond donors (Lipinski definition) is 1. The molecule has 2 rings (SSSR count). The van der Waals surface area contributed by atoms with E-state index >= 15 is 0 Å². The van der Waals surface area contributed by atoms with Crippen LogP contribution in [0.5, 0.6) is 0 Å². The smallest absolute Gasteiger partial charge is 0.311 e. The van der Waals surface area contributed by atoms with E-state index in [9.17, 15) is 9.90 Å².